The Morgan fingerprint density at radius 2 is 0.769 bits per heavy atom. The second kappa shape index (κ2) is 6.37. The lowest BCUT2D eigenvalue weighted by molar-refractivity contribution is 0.00578. The highest BCUT2D eigenvalue weighted by Crippen LogP contribution is 2.43. The molecule has 0 spiro atoms. The Bertz CT molecular complexity index is 548. The van der Waals surface area contributed by atoms with Gasteiger partial charge in [0.1, 0.15) is 0 Å². The first-order chi connectivity index (χ1) is 11.8. The highest BCUT2D eigenvalue weighted by molar-refractivity contribution is 6.50. The lowest BCUT2D eigenvalue weighted by Gasteiger charge is -2.32. The Morgan fingerprint density at radius 3 is 1.04 bits per heavy atom. The second-order valence-electron chi connectivity index (χ2n) is 9.56. The Morgan fingerprint density at radius 1 is 0.500 bits per heavy atom. The van der Waals surface area contributed by atoms with Crippen molar-refractivity contribution >= 4 is 14.2 Å². The summed E-state index contributed by atoms with van der Waals surface area (Å²) in [5.74, 6) is 0.0943. The molecular weight excluding hydrogens is 326 g/mol. The van der Waals surface area contributed by atoms with Crippen LogP contribution in [0.15, 0.2) is 36.5 Å². The maximum absolute atomic E-state index is 6.22. The van der Waals surface area contributed by atoms with Gasteiger partial charge < -0.3 is 18.6 Å². The van der Waals surface area contributed by atoms with Gasteiger partial charge >= 0.3 is 14.2 Å². The summed E-state index contributed by atoms with van der Waals surface area (Å²) >= 11 is 0. The topological polar surface area (TPSA) is 36.9 Å². The summed E-state index contributed by atoms with van der Waals surface area (Å²) < 4.78 is 24.9. The first kappa shape index (κ1) is 19.9. The molecule has 0 bridgehead atoms. The molecule has 2 atom stereocenters. The number of hydrogen-bond acceptors (Lipinski definition) is 4. The highest BCUT2D eigenvalue weighted by Gasteiger charge is 2.54. The van der Waals surface area contributed by atoms with Crippen LogP contribution in [-0.4, -0.2) is 36.6 Å². The van der Waals surface area contributed by atoms with E-state index in [-0.39, 0.29) is 48.3 Å². The number of hydrogen-bond donors (Lipinski definition) is 0. The van der Waals surface area contributed by atoms with Gasteiger partial charge in [-0.1, -0.05) is 36.5 Å². The van der Waals surface area contributed by atoms with Gasteiger partial charge in [0.15, 0.2) is 0 Å². The maximum Gasteiger partial charge on any atom is 0.469 e. The van der Waals surface area contributed by atoms with E-state index in [1.165, 1.54) is 0 Å². The van der Waals surface area contributed by atoms with Crippen LogP contribution in [-0.2, 0) is 18.6 Å². The van der Waals surface area contributed by atoms with Crippen LogP contribution < -0.4 is 0 Å². The first-order valence-corrected chi connectivity index (χ1v) is 9.59. The van der Waals surface area contributed by atoms with Crippen molar-refractivity contribution in [3.05, 3.63) is 36.5 Å². The summed E-state index contributed by atoms with van der Waals surface area (Å²) in [5.41, 5.74) is -1.32. The fourth-order valence-corrected chi connectivity index (χ4v) is 3.22. The minimum Gasteiger partial charge on any atom is -0.403 e. The molecule has 3 rings (SSSR count). The molecular formula is C20H32B2O4. The maximum atomic E-state index is 6.22. The van der Waals surface area contributed by atoms with E-state index in [1.54, 1.807) is 0 Å². The Hall–Kier alpha value is -0.810. The van der Waals surface area contributed by atoms with E-state index in [1.807, 2.05) is 0 Å². The zero-order valence-corrected chi connectivity index (χ0v) is 17.4. The summed E-state index contributed by atoms with van der Waals surface area (Å²) in [4.78, 5) is 0. The van der Waals surface area contributed by atoms with Gasteiger partial charge in [-0.25, -0.2) is 0 Å². The summed E-state index contributed by atoms with van der Waals surface area (Å²) in [7, 11) is -0.587. The van der Waals surface area contributed by atoms with Crippen molar-refractivity contribution in [3.63, 3.8) is 0 Å². The van der Waals surface area contributed by atoms with E-state index in [2.05, 4.69) is 91.8 Å². The van der Waals surface area contributed by atoms with Crippen molar-refractivity contribution < 1.29 is 18.6 Å². The van der Waals surface area contributed by atoms with Gasteiger partial charge in [-0.15, -0.1) is 0 Å². The van der Waals surface area contributed by atoms with Crippen LogP contribution in [0, 0.1) is 0 Å². The average molecular weight is 358 g/mol. The predicted molar refractivity (Wildman–Crippen MR) is 107 cm³/mol. The van der Waals surface area contributed by atoms with Crippen LogP contribution in [0.3, 0.4) is 0 Å². The molecule has 0 saturated carbocycles. The molecule has 0 amide bonds. The molecule has 142 valence electrons. The molecule has 0 aromatic carbocycles. The fraction of sp³-hybridized carbons (Fsp3) is 0.700. The molecule has 2 aliphatic heterocycles. The van der Waals surface area contributed by atoms with Crippen molar-refractivity contribution in [1.82, 2.24) is 0 Å². The van der Waals surface area contributed by atoms with Gasteiger partial charge in [0, 0.05) is 11.6 Å². The van der Waals surface area contributed by atoms with Crippen LogP contribution in [0.2, 0.25) is 11.6 Å². The zero-order chi connectivity index (χ0) is 19.4. The minimum atomic E-state index is -0.331. The van der Waals surface area contributed by atoms with Crippen LogP contribution in [0.4, 0.5) is 0 Å². The van der Waals surface area contributed by atoms with Crippen molar-refractivity contribution in [3.8, 4) is 0 Å². The van der Waals surface area contributed by atoms with E-state index in [4.69, 9.17) is 18.6 Å². The molecule has 4 nitrogen and oxygen atoms in total. The highest BCUT2D eigenvalue weighted by atomic mass is 16.7. The smallest absolute Gasteiger partial charge is 0.403 e. The average Bonchev–Trinajstić information content (AvgIpc) is 2.78. The van der Waals surface area contributed by atoms with Gasteiger partial charge in [0.25, 0.3) is 0 Å². The van der Waals surface area contributed by atoms with Crippen molar-refractivity contribution in [2.75, 3.05) is 0 Å². The third-order valence-corrected chi connectivity index (χ3v) is 6.50. The molecule has 0 aromatic rings. The Kier molecular flexibility index (Phi) is 4.88. The van der Waals surface area contributed by atoms with Crippen molar-refractivity contribution in [1.29, 1.82) is 0 Å². The normalized spacial score (nSPS) is 34.2. The quantitative estimate of drug-likeness (QED) is 0.534. The molecule has 2 saturated heterocycles. The molecule has 0 N–H and O–H groups in total. The van der Waals surface area contributed by atoms with Crippen LogP contribution in [0.5, 0.6) is 0 Å². The monoisotopic (exact) mass is 358 g/mol. The summed E-state index contributed by atoms with van der Waals surface area (Å²) in [5, 5.41) is 0. The largest absolute Gasteiger partial charge is 0.469 e. The predicted octanol–water partition coefficient (Wildman–Crippen LogP) is 4.59. The van der Waals surface area contributed by atoms with E-state index in [9.17, 15) is 0 Å². The third-order valence-electron chi connectivity index (χ3n) is 6.50. The van der Waals surface area contributed by atoms with E-state index >= 15 is 0 Å². The van der Waals surface area contributed by atoms with Gasteiger partial charge in [0.2, 0.25) is 0 Å². The lowest BCUT2D eigenvalue weighted by atomic mass is 9.66. The molecule has 26 heavy (non-hydrogen) atoms. The molecule has 6 heteroatoms. The number of allylic oxidation sites excluding steroid dienone is 6. The third kappa shape index (κ3) is 3.49. The van der Waals surface area contributed by atoms with E-state index in [0.29, 0.717) is 0 Å². The molecule has 2 fully saturated rings. The second-order valence-corrected chi connectivity index (χ2v) is 9.56. The molecule has 3 aliphatic rings. The summed E-state index contributed by atoms with van der Waals surface area (Å²) in [6.07, 6.45) is 12.6. The number of rotatable bonds is 2. The van der Waals surface area contributed by atoms with Gasteiger partial charge in [-0.2, -0.15) is 0 Å². The summed E-state index contributed by atoms with van der Waals surface area (Å²) in [6, 6.07) is 0. The van der Waals surface area contributed by atoms with E-state index in [0.717, 1.165) is 0 Å². The Labute approximate surface area is 159 Å². The van der Waals surface area contributed by atoms with Crippen LogP contribution in [0.25, 0.3) is 0 Å². The van der Waals surface area contributed by atoms with Crippen LogP contribution in [0.1, 0.15) is 55.4 Å². The summed E-state index contributed by atoms with van der Waals surface area (Å²) in [6.45, 7) is 16.6. The SMILES string of the molecule is CC1(C)OB(C2C=CC=CC(B3OC(C)(C)C(C)(C)O3)C=C2)OC1(C)C. The van der Waals surface area contributed by atoms with Gasteiger partial charge in [-0.3, -0.25) is 0 Å². The lowest BCUT2D eigenvalue weighted by Crippen LogP contribution is -2.41. The van der Waals surface area contributed by atoms with Crippen LogP contribution >= 0.6 is 0 Å². The molecule has 0 radical (unpaired) electrons. The van der Waals surface area contributed by atoms with Crippen molar-refractivity contribution in [2.24, 2.45) is 0 Å². The molecule has 2 heterocycles. The van der Waals surface area contributed by atoms with E-state index < -0.39 is 0 Å². The van der Waals surface area contributed by atoms with Gasteiger partial charge in [-0.05, 0) is 55.4 Å². The van der Waals surface area contributed by atoms with Gasteiger partial charge in [0.05, 0.1) is 22.4 Å². The zero-order valence-electron chi connectivity index (χ0n) is 17.4. The first-order valence-electron chi connectivity index (χ1n) is 9.59. The molecule has 0 aromatic heterocycles. The molecule has 1 aliphatic carbocycles. The molecule has 2 unspecified atom stereocenters. The fourth-order valence-electron chi connectivity index (χ4n) is 3.22. The van der Waals surface area contributed by atoms with Crippen molar-refractivity contribution in [2.45, 2.75) is 89.4 Å². The standard InChI is InChI=1S/C20H32B2O4/c1-17(2)18(3,4)24-21(23-17)15-11-9-10-12-16(14-13-15)22-25-19(5,6)20(7,8)26-22/h9-16H,1-8H3. The minimum absolute atomic E-state index is 0.0472. The Balaban J connectivity index is 1.76.